The van der Waals surface area contributed by atoms with Crippen molar-refractivity contribution in [1.82, 2.24) is 20.1 Å². The molecule has 0 fully saturated rings. The third-order valence-electron chi connectivity index (χ3n) is 3.32. The number of benzene rings is 1. The minimum atomic E-state index is -0.667. The van der Waals surface area contributed by atoms with Crippen molar-refractivity contribution in [2.45, 2.75) is 20.8 Å². The maximum atomic E-state index is 12.2. The first-order valence-electron chi connectivity index (χ1n) is 7.64. The molecule has 126 valence electrons. The molecule has 0 spiro atoms. The molecule has 1 heterocycles. The first-order chi connectivity index (χ1) is 11.4. The number of H-pyrrole nitrogens is 1. The molecule has 0 saturated carbocycles. The van der Waals surface area contributed by atoms with E-state index >= 15 is 0 Å². The molecule has 0 aliphatic carbocycles. The van der Waals surface area contributed by atoms with E-state index in [0.29, 0.717) is 24.6 Å². The van der Waals surface area contributed by atoms with Gasteiger partial charge in [0.15, 0.2) is 5.82 Å². The van der Waals surface area contributed by atoms with E-state index < -0.39 is 11.8 Å². The lowest BCUT2D eigenvalue weighted by Gasteiger charge is -2.20. The zero-order chi connectivity index (χ0) is 17.7. The first kappa shape index (κ1) is 17.4. The Bertz CT molecular complexity index is 749. The summed E-state index contributed by atoms with van der Waals surface area (Å²) in [7, 11) is 0. The lowest BCUT2D eigenvalue weighted by atomic mass is 10.2. The second-order valence-corrected chi connectivity index (χ2v) is 5.55. The van der Waals surface area contributed by atoms with E-state index in [1.54, 1.807) is 24.3 Å². The average molecular weight is 327 g/mol. The Morgan fingerprint density at radius 1 is 1.29 bits per heavy atom. The fraction of sp³-hybridized carbons (Fsp3) is 0.294. The van der Waals surface area contributed by atoms with Crippen molar-refractivity contribution in [3.63, 3.8) is 0 Å². The van der Waals surface area contributed by atoms with E-state index in [9.17, 15) is 9.59 Å². The molecule has 0 saturated heterocycles. The Hall–Kier alpha value is -2.96. The van der Waals surface area contributed by atoms with Gasteiger partial charge in [-0.15, -0.1) is 0 Å². The molecular formula is C17H21N5O2. The van der Waals surface area contributed by atoms with Crippen LogP contribution >= 0.6 is 0 Å². The van der Waals surface area contributed by atoms with Gasteiger partial charge in [0.1, 0.15) is 5.82 Å². The molecule has 24 heavy (non-hydrogen) atoms. The largest absolute Gasteiger partial charge is 0.331 e. The summed E-state index contributed by atoms with van der Waals surface area (Å²) < 4.78 is 0. The van der Waals surface area contributed by atoms with Crippen molar-refractivity contribution in [3.05, 3.63) is 42.2 Å². The number of nitrogens with zero attached hydrogens (tertiary/aromatic N) is 3. The van der Waals surface area contributed by atoms with Gasteiger partial charge in [-0.05, 0) is 45.0 Å². The third-order valence-corrected chi connectivity index (χ3v) is 3.32. The zero-order valence-corrected chi connectivity index (χ0v) is 14.1. The minimum Gasteiger partial charge on any atom is -0.331 e. The van der Waals surface area contributed by atoms with Crippen molar-refractivity contribution in [3.8, 4) is 11.4 Å². The lowest BCUT2D eigenvalue weighted by molar-refractivity contribution is -0.142. The highest BCUT2D eigenvalue weighted by Gasteiger charge is 2.20. The molecule has 0 aliphatic heterocycles. The predicted octanol–water partition coefficient (Wildman–Crippen LogP) is 2.14. The smallest absolute Gasteiger partial charge is 0.313 e. The second-order valence-electron chi connectivity index (χ2n) is 5.55. The topological polar surface area (TPSA) is 91.0 Å². The molecule has 0 radical (unpaired) electrons. The first-order valence-corrected chi connectivity index (χ1v) is 7.64. The number of likely N-dealkylation sites (N-methyl/N-ethyl adjacent to an activating group) is 1. The molecule has 1 aromatic heterocycles. The number of nitrogens with one attached hydrogen (secondary N) is 2. The van der Waals surface area contributed by atoms with Crippen molar-refractivity contribution in [2.75, 3.05) is 18.4 Å². The number of amides is 2. The molecule has 2 N–H and O–H groups in total. The van der Waals surface area contributed by atoms with Gasteiger partial charge >= 0.3 is 11.8 Å². The molecule has 0 atom stereocenters. The molecule has 0 bridgehead atoms. The molecule has 0 aliphatic rings. The van der Waals surface area contributed by atoms with E-state index in [2.05, 4.69) is 27.1 Å². The monoisotopic (exact) mass is 327 g/mol. The molecule has 1 aromatic carbocycles. The van der Waals surface area contributed by atoms with Crippen LogP contribution in [0.4, 0.5) is 5.69 Å². The van der Waals surface area contributed by atoms with Crippen LogP contribution in [0.3, 0.4) is 0 Å². The van der Waals surface area contributed by atoms with Gasteiger partial charge < -0.3 is 10.2 Å². The van der Waals surface area contributed by atoms with Crippen molar-refractivity contribution < 1.29 is 9.59 Å². The molecule has 2 aromatic rings. The molecule has 7 nitrogen and oxygen atoms in total. The van der Waals surface area contributed by atoms with Crippen LogP contribution < -0.4 is 5.32 Å². The number of aromatic amines is 1. The minimum absolute atomic E-state index is 0.367. The van der Waals surface area contributed by atoms with Crippen LogP contribution in [0, 0.1) is 6.92 Å². The quantitative estimate of drug-likeness (QED) is 0.650. The number of aryl methyl sites for hydroxylation is 1. The molecular weight excluding hydrogens is 306 g/mol. The molecule has 7 heteroatoms. The van der Waals surface area contributed by atoms with Crippen LogP contribution in [-0.2, 0) is 9.59 Å². The summed E-state index contributed by atoms with van der Waals surface area (Å²) in [5.41, 5.74) is 2.18. The highest BCUT2D eigenvalue weighted by atomic mass is 16.2. The highest BCUT2D eigenvalue weighted by Crippen LogP contribution is 2.17. The predicted molar refractivity (Wildman–Crippen MR) is 92.3 cm³/mol. The van der Waals surface area contributed by atoms with Crippen molar-refractivity contribution in [1.29, 1.82) is 0 Å². The lowest BCUT2D eigenvalue weighted by Crippen LogP contribution is -2.40. The van der Waals surface area contributed by atoms with Crippen LogP contribution in [0.5, 0.6) is 0 Å². The second kappa shape index (κ2) is 7.54. The van der Waals surface area contributed by atoms with Gasteiger partial charge in [-0.25, -0.2) is 4.98 Å². The van der Waals surface area contributed by atoms with Gasteiger partial charge in [-0.2, -0.15) is 5.10 Å². The highest BCUT2D eigenvalue weighted by molar-refractivity contribution is 6.39. The summed E-state index contributed by atoms with van der Waals surface area (Å²) in [6, 6.07) is 6.99. The Balaban J connectivity index is 2.03. The Labute approximate surface area is 140 Å². The van der Waals surface area contributed by atoms with Gasteiger partial charge in [0.25, 0.3) is 0 Å². The summed E-state index contributed by atoms with van der Waals surface area (Å²) in [5.74, 6) is 0.0685. The summed E-state index contributed by atoms with van der Waals surface area (Å²) in [6.45, 7) is 10.0. The van der Waals surface area contributed by atoms with Gasteiger partial charge in [0.2, 0.25) is 0 Å². The van der Waals surface area contributed by atoms with E-state index in [1.807, 2.05) is 20.8 Å². The van der Waals surface area contributed by atoms with Gasteiger partial charge in [-0.3, -0.25) is 14.7 Å². The zero-order valence-electron chi connectivity index (χ0n) is 14.1. The third kappa shape index (κ3) is 4.28. The number of carbonyl (C=O) groups excluding carboxylic acids is 2. The van der Waals surface area contributed by atoms with Crippen molar-refractivity contribution in [2.24, 2.45) is 0 Å². The van der Waals surface area contributed by atoms with Gasteiger partial charge in [0.05, 0.1) is 0 Å². The van der Waals surface area contributed by atoms with Crippen LogP contribution in [0.25, 0.3) is 11.4 Å². The summed E-state index contributed by atoms with van der Waals surface area (Å²) in [4.78, 5) is 29.9. The summed E-state index contributed by atoms with van der Waals surface area (Å²) >= 11 is 0. The Morgan fingerprint density at radius 2 is 1.96 bits per heavy atom. The van der Waals surface area contributed by atoms with Crippen LogP contribution in [-0.4, -0.2) is 45.0 Å². The number of hydrogen-bond donors (Lipinski definition) is 2. The number of hydrogen-bond acceptors (Lipinski definition) is 4. The fourth-order valence-corrected chi connectivity index (χ4v) is 2.16. The molecule has 2 rings (SSSR count). The summed E-state index contributed by atoms with van der Waals surface area (Å²) in [5, 5.41) is 9.45. The number of carbonyl (C=O) groups is 2. The maximum absolute atomic E-state index is 12.2. The fourth-order valence-electron chi connectivity index (χ4n) is 2.16. The van der Waals surface area contributed by atoms with Gasteiger partial charge in [-0.1, -0.05) is 12.2 Å². The Morgan fingerprint density at radius 3 is 2.46 bits per heavy atom. The van der Waals surface area contributed by atoms with Crippen LogP contribution in [0.15, 0.2) is 36.4 Å². The Kier molecular flexibility index (Phi) is 5.47. The van der Waals surface area contributed by atoms with E-state index in [-0.39, 0.29) is 0 Å². The average Bonchev–Trinajstić information content (AvgIpc) is 2.99. The van der Waals surface area contributed by atoms with Crippen LogP contribution in [0.1, 0.15) is 19.7 Å². The van der Waals surface area contributed by atoms with Gasteiger partial charge in [0, 0.05) is 24.3 Å². The van der Waals surface area contributed by atoms with E-state index in [4.69, 9.17) is 0 Å². The number of rotatable bonds is 5. The van der Waals surface area contributed by atoms with Crippen molar-refractivity contribution >= 4 is 17.5 Å². The molecule has 2 amide bonds. The van der Waals surface area contributed by atoms with Crippen LogP contribution in [0.2, 0.25) is 0 Å². The SMILES string of the molecule is C=C(C)CN(CC)C(=O)C(=O)Nc1ccc(-c2n[nH]c(C)n2)cc1. The molecule has 0 unspecified atom stereocenters. The normalized spacial score (nSPS) is 10.3. The van der Waals surface area contributed by atoms with E-state index in [1.165, 1.54) is 4.90 Å². The number of aromatic nitrogens is 3. The standard InChI is InChI=1S/C17H21N5O2/c1-5-22(10-11(2)3)17(24)16(23)19-14-8-6-13(7-9-14)15-18-12(4)20-21-15/h6-9H,2,5,10H2,1,3-4H3,(H,19,23)(H,18,20,21). The number of anilines is 1. The summed E-state index contributed by atoms with van der Waals surface area (Å²) in [6.07, 6.45) is 0. The maximum Gasteiger partial charge on any atom is 0.313 e. The van der Waals surface area contributed by atoms with E-state index in [0.717, 1.165) is 17.0 Å².